The van der Waals surface area contributed by atoms with E-state index in [0.717, 1.165) is 5.56 Å². The van der Waals surface area contributed by atoms with E-state index >= 15 is 0 Å². The highest BCUT2D eigenvalue weighted by molar-refractivity contribution is 6.36. The second-order valence-electron chi connectivity index (χ2n) is 5.73. The summed E-state index contributed by atoms with van der Waals surface area (Å²) in [5.74, 6) is -0.223. The number of rotatable bonds is 5. The van der Waals surface area contributed by atoms with Crippen LogP contribution in [0.15, 0.2) is 47.8 Å². The van der Waals surface area contributed by atoms with Crippen LogP contribution in [0.2, 0.25) is 10.0 Å². The van der Waals surface area contributed by atoms with Gasteiger partial charge in [-0.1, -0.05) is 29.3 Å². The number of aromatic nitrogens is 1. The van der Waals surface area contributed by atoms with Gasteiger partial charge in [-0.2, -0.15) is 5.10 Å². The molecule has 1 aliphatic rings. The minimum atomic E-state index is -0.459. The Morgan fingerprint density at radius 1 is 1.23 bits per heavy atom. The lowest BCUT2D eigenvalue weighted by Crippen LogP contribution is -2.44. The summed E-state index contributed by atoms with van der Waals surface area (Å²) in [6, 6.07) is 8.28. The maximum atomic E-state index is 12.8. The highest BCUT2D eigenvalue weighted by Crippen LogP contribution is 2.22. The molecule has 0 radical (unpaired) electrons. The van der Waals surface area contributed by atoms with Gasteiger partial charge >= 0.3 is 0 Å². The molecule has 26 heavy (non-hydrogen) atoms. The number of carbonyl (C=O) groups is 1. The van der Waals surface area contributed by atoms with E-state index in [9.17, 15) is 4.79 Å². The number of morpholine rings is 1. The summed E-state index contributed by atoms with van der Waals surface area (Å²) in [7, 11) is 0. The van der Waals surface area contributed by atoms with Crippen molar-refractivity contribution in [3.05, 3.63) is 63.9 Å². The number of benzene rings is 1. The van der Waals surface area contributed by atoms with E-state index in [4.69, 9.17) is 27.9 Å². The van der Waals surface area contributed by atoms with Crippen LogP contribution in [-0.4, -0.2) is 48.3 Å². The molecule has 0 bridgehead atoms. The fraction of sp³-hybridized carbons (Fsp3) is 0.278. The Hall–Kier alpha value is -1.99. The summed E-state index contributed by atoms with van der Waals surface area (Å²) in [5.41, 5.74) is 4.13. The van der Waals surface area contributed by atoms with Gasteiger partial charge in [0.1, 0.15) is 6.04 Å². The molecule has 1 aliphatic heterocycles. The Morgan fingerprint density at radius 3 is 2.65 bits per heavy atom. The summed E-state index contributed by atoms with van der Waals surface area (Å²) < 4.78 is 5.39. The lowest BCUT2D eigenvalue weighted by molar-refractivity contribution is -0.128. The van der Waals surface area contributed by atoms with Crippen molar-refractivity contribution >= 4 is 35.3 Å². The third-order valence-corrected chi connectivity index (χ3v) is 4.58. The molecule has 0 spiro atoms. The van der Waals surface area contributed by atoms with E-state index in [0.29, 0.717) is 41.9 Å². The highest BCUT2D eigenvalue weighted by Gasteiger charge is 2.28. The van der Waals surface area contributed by atoms with Gasteiger partial charge in [-0.15, -0.1) is 0 Å². The number of amides is 1. The Balaban J connectivity index is 1.74. The number of hydrogen-bond donors (Lipinski definition) is 1. The van der Waals surface area contributed by atoms with Gasteiger partial charge in [0.25, 0.3) is 5.91 Å². The number of halogens is 2. The van der Waals surface area contributed by atoms with Crippen molar-refractivity contribution in [2.45, 2.75) is 6.04 Å². The zero-order chi connectivity index (χ0) is 18.4. The fourth-order valence-corrected chi connectivity index (χ4v) is 3.20. The Morgan fingerprint density at radius 2 is 1.96 bits per heavy atom. The van der Waals surface area contributed by atoms with Gasteiger partial charge in [0.15, 0.2) is 0 Å². The van der Waals surface area contributed by atoms with Crippen molar-refractivity contribution in [1.29, 1.82) is 0 Å². The van der Waals surface area contributed by atoms with Crippen LogP contribution in [0.1, 0.15) is 17.2 Å². The summed E-state index contributed by atoms with van der Waals surface area (Å²) in [4.78, 5) is 18.9. The molecule has 2 aromatic rings. The van der Waals surface area contributed by atoms with Crippen LogP contribution in [0.3, 0.4) is 0 Å². The van der Waals surface area contributed by atoms with E-state index in [1.54, 1.807) is 30.6 Å². The molecule has 6 nitrogen and oxygen atoms in total. The van der Waals surface area contributed by atoms with Crippen molar-refractivity contribution in [3.63, 3.8) is 0 Å². The van der Waals surface area contributed by atoms with E-state index in [1.165, 1.54) is 6.21 Å². The third-order valence-electron chi connectivity index (χ3n) is 4.02. The molecule has 0 aliphatic carbocycles. The Bertz CT molecular complexity index is 780. The maximum Gasteiger partial charge on any atom is 0.262 e. The van der Waals surface area contributed by atoms with Crippen molar-refractivity contribution in [1.82, 2.24) is 15.3 Å². The summed E-state index contributed by atoms with van der Waals surface area (Å²) >= 11 is 12.0. The first-order valence-electron chi connectivity index (χ1n) is 8.15. The highest BCUT2D eigenvalue weighted by atomic mass is 35.5. The van der Waals surface area contributed by atoms with E-state index in [2.05, 4.69) is 20.4 Å². The summed E-state index contributed by atoms with van der Waals surface area (Å²) in [5, 5.41) is 5.06. The largest absolute Gasteiger partial charge is 0.379 e. The normalized spacial score (nSPS) is 16.5. The molecule has 1 saturated heterocycles. The molecule has 136 valence electrons. The van der Waals surface area contributed by atoms with Gasteiger partial charge in [-0.25, -0.2) is 5.43 Å². The van der Waals surface area contributed by atoms with E-state index < -0.39 is 6.04 Å². The predicted octanol–water partition coefficient (Wildman–Crippen LogP) is 2.91. The molecule has 1 aromatic carbocycles. The second-order valence-corrected chi connectivity index (χ2v) is 6.58. The van der Waals surface area contributed by atoms with E-state index in [1.807, 2.05) is 12.1 Å². The topological polar surface area (TPSA) is 66.8 Å². The van der Waals surface area contributed by atoms with Crippen molar-refractivity contribution in [2.24, 2.45) is 5.10 Å². The fourth-order valence-electron chi connectivity index (χ4n) is 2.74. The summed E-state index contributed by atoms with van der Waals surface area (Å²) in [6.45, 7) is 2.54. The first-order chi connectivity index (χ1) is 12.6. The number of hydrazone groups is 1. The number of carbonyl (C=O) groups excluding carboxylic acids is 1. The minimum absolute atomic E-state index is 0.223. The zero-order valence-electron chi connectivity index (χ0n) is 13.9. The number of hydrogen-bond acceptors (Lipinski definition) is 5. The van der Waals surface area contributed by atoms with Gasteiger partial charge in [-0.05, 0) is 29.8 Å². The van der Waals surface area contributed by atoms with Crippen LogP contribution in [-0.2, 0) is 9.53 Å². The summed E-state index contributed by atoms with van der Waals surface area (Å²) in [6.07, 6.45) is 4.85. The number of nitrogens with one attached hydrogen (secondary N) is 1. The first kappa shape index (κ1) is 18.8. The van der Waals surface area contributed by atoms with Crippen molar-refractivity contribution < 1.29 is 9.53 Å². The molecule has 1 unspecified atom stereocenters. The van der Waals surface area contributed by atoms with Crippen LogP contribution < -0.4 is 5.43 Å². The Kier molecular flexibility index (Phi) is 6.57. The van der Waals surface area contributed by atoms with Crippen LogP contribution in [0.25, 0.3) is 0 Å². The van der Waals surface area contributed by atoms with Crippen LogP contribution in [0.5, 0.6) is 0 Å². The lowest BCUT2D eigenvalue weighted by atomic mass is 10.1. The SMILES string of the molecule is O=C(N/N=C/c1ccc(Cl)cc1Cl)C(c1ccncc1)N1CCOCC1. The minimum Gasteiger partial charge on any atom is -0.379 e. The average Bonchev–Trinajstić information content (AvgIpc) is 2.65. The molecule has 8 heteroatoms. The van der Waals surface area contributed by atoms with Crippen molar-refractivity contribution in [2.75, 3.05) is 26.3 Å². The molecule has 3 rings (SSSR count). The molecular formula is C18H18Cl2N4O2. The lowest BCUT2D eigenvalue weighted by Gasteiger charge is -2.33. The molecule has 1 N–H and O–H groups in total. The maximum absolute atomic E-state index is 12.8. The van der Waals surface area contributed by atoms with Gasteiger partial charge < -0.3 is 4.74 Å². The average molecular weight is 393 g/mol. The van der Waals surface area contributed by atoms with Crippen LogP contribution in [0, 0.1) is 0 Å². The number of ether oxygens (including phenoxy) is 1. The number of pyridine rings is 1. The second kappa shape index (κ2) is 9.09. The van der Waals surface area contributed by atoms with Gasteiger partial charge in [0.05, 0.1) is 24.5 Å². The molecule has 1 aromatic heterocycles. The molecule has 2 heterocycles. The quantitative estimate of drug-likeness (QED) is 0.627. The van der Waals surface area contributed by atoms with E-state index in [-0.39, 0.29) is 5.91 Å². The molecule has 1 fully saturated rings. The van der Waals surface area contributed by atoms with Crippen LogP contribution >= 0.6 is 23.2 Å². The molecular weight excluding hydrogens is 375 g/mol. The van der Waals surface area contributed by atoms with Gasteiger partial charge in [0.2, 0.25) is 0 Å². The van der Waals surface area contributed by atoms with Crippen LogP contribution in [0.4, 0.5) is 0 Å². The molecule has 0 saturated carbocycles. The van der Waals surface area contributed by atoms with Crippen molar-refractivity contribution in [3.8, 4) is 0 Å². The first-order valence-corrected chi connectivity index (χ1v) is 8.90. The molecule has 1 atom stereocenters. The third kappa shape index (κ3) is 4.80. The predicted molar refractivity (Wildman–Crippen MR) is 102 cm³/mol. The van der Waals surface area contributed by atoms with Gasteiger partial charge in [0, 0.05) is 36.1 Å². The smallest absolute Gasteiger partial charge is 0.262 e. The standard InChI is InChI=1S/C18H18Cl2N4O2/c19-15-2-1-14(16(20)11-15)12-22-23-18(25)17(13-3-5-21-6-4-13)24-7-9-26-10-8-24/h1-6,11-12,17H,7-10H2,(H,23,25)/b22-12+. The van der Waals surface area contributed by atoms with Gasteiger partial charge in [-0.3, -0.25) is 14.7 Å². The Labute approximate surface area is 161 Å². The number of nitrogens with zero attached hydrogens (tertiary/aromatic N) is 3. The molecule has 1 amide bonds. The monoisotopic (exact) mass is 392 g/mol. The zero-order valence-corrected chi connectivity index (χ0v) is 15.5.